The summed E-state index contributed by atoms with van der Waals surface area (Å²) in [5, 5.41) is 4.21. The second-order valence-electron chi connectivity index (χ2n) is 5.53. The third-order valence-electron chi connectivity index (χ3n) is 3.86. The largest absolute Gasteiger partial charge is 0.329 e. The molecule has 0 aliphatic carbocycles. The van der Waals surface area contributed by atoms with E-state index in [1.807, 2.05) is 24.1 Å². The Hall–Kier alpha value is -1.65. The van der Waals surface area contributed by atoms with E-state index in [4.69, 9.17) is 5.73 Å². The van der Waals surface area contributed by atoms with Crippen LogP contribution in [0.5, 0.6) is 0 Å². The molecule has 1 unspecified atom stereocenters. The predicted molar refractivity (Wildman–Crippen MR) is 82.4 cm³/mol. The highest BCUT2D eigenvalue weighted by molar-refractivity contribution is 5.32. The van der Waals surface area contributed by atoms with Crippen molar-refractivity contribution < 1.29 is 0 Å². The second-order valence-corrected chi connectivity index (χ2v) is 5.53. The molecule has 2 rings (SSSR count). The Kier molecular flexibility index (Phi) is 4.57. The van der Waals surface area contributed by atoms with E-state index < -0.39 is 0 Å². The first-order valence-corrected chi connectivity index (χ1v) is 6.96. The quantitative estimate of drug-likeness (QED) is 0.907. The highest BCUT2D eigenvalue weighted by Crippen LogP contribution is 2.22. The van der Waals surface area contributed by atoms with Crippen LogP contribution in [0.1, 0.15) is 28.3 Å². The van der Waals surface area contributed by atoms with E-state index in [1.165, 1.54) is 22.3 Å². The lowest BCUT2D eigenvalue weighted by molar-refractivity contribution is 0.241. The standard InChI is InChI=1S/C16H24N4/c1-12-5-6-15(7-13(12)2)16(8-17)19(3)10-14-9-18-20(4)11-14/h5-7,9,11,16H,8,10,17H2,1-4H3. The highest BCUT2D eigenvalue weighted by atomic mass is 15.2. The van der Waals surface area contributed by atoms with Crippen molar-refractivity contribution in [3.8, 4) is 0 Å². The fraction of sp³-hybridized carbons (Fsp3) is 0.438. The van der Waals surface area contributed by atoms with Crippen LogP contribution in [0.25, 0.3) is 0 Å². The van der Waals surface area contributed by atoms with Crippen LogP contribution in [-0.2, 0) is 13.6 Å². The van der Waals surface area contributed by atoms with Crippen molar-refractivity contribution in [2.75, 3.05) is 13.6 Å². The van der Waals surface area contributed by atoms with Crippen molar-refractivity contribution in [1.29, 1.82) is 0 Å². The van der Waals surface area contributed by atoms with Gasteiger partial charge in [0.1, 0.15) is 0 Å². The maximum absolute atomic E-state index is 5.99. The van der Waals surface area contributed by atoms with Crippen molar-refractivity contribution in [2.45, 2.75) is 26.4 Å². The summed E-state index contributed by atoms with van der Waals surface area (Å²) < 4.78 is 1.83. The van der Waals surface area contributed by atoms with Gasteiger partial charge in [-0.1, -0.05) is 18.2 Å². The van der Waals surface area contributed by atoms with Gasteiger partial charge in [0, 0.05) is 37.9 Å². The van der Waals surface area contributed by atoms with Gasteiger partial charge in [0.05, 0.1) is 6.20 Å². The van der Waals surface area contributed by atoms with Crippen molar-refractivity contribution >= 4 is 0 Å². The van der Waals surface area contributed by atoms with Crippen molar-refractivity contribution in [1.82, 2.24) is 14.7 Å². The van der Waals surface area contributed by atoms with E-state index in [0.717, 1.165) is 6.54 Å². The fourth-order valence-corrected chi connectivity index (χ4v) is 2.49. The first-order chi connectivity index (χ1) is 9.51. The number of hydrogen-bond donors (Lipinski definition) is 1. The van der Waals surface area contributed by atoms with E-state index in [2.05, 4.69) is 49.1 Å². The molecule has 0 fully saturated rings. The van der Waals surface area contributed by atoms with Gasteiger partial charge in [0.15, 0.2) is 0 Å². The van der Waals surface area contributed by atoms with Crippen LogP contribution in [0.3, 0.4) is 0 Å². The molecule has 0 amide bonds. The summed E-state index contributed by atoms with van der Waals surface area (Å²) >= 11 is 0. The average Bonchev–Trinajstić information content (AvgIpc) is 2.80. The summed E-state index contributed by atoms with van der Waals surface area (Å²) in [5.41, 5.74) is 11.1. The van der Waals surface area contributed by atoms with Gasteiger partial charge in [0.2, 0.25) is 0 Å². The minimum Gasteiger partial charge on any atom is -0.329 e. The maximum Gasteiger partial charge on any atom is 0.0534 e. The van der Waals surface area contributed by atoms with Gasteiger partial charge in [-0.15, -0.1) is 0 Å². The average molecular weight is 272 g/mol. The molecule has 0 spiro atoms. The Labute approximate surface area is 121 Å². The first-order valence-electron chi connectivity index (χ1n) is 6.96. The third-order valence-corrected chi connectivity index (χ3v) is 3.86. The summed E-state index contributed by atoms with van der Waals surface area (Å²) in [4.78, 5) is 2.28. The topological polar surface area (TPSA) is 47.1 Å². The van der Waals surface area contributed by atoms with Crippen molar-refractivity contribution in [3.05, 3.63) is 52.8 Å². The van der Waals surface area contributed by atoms with E-state index in [1.54, 1.807) is 0 Å². The number of nitrogens with two attached hydrogens (primary N) is 1. The number of hydrogen-bond acceptors (Lipinski definition) is 3. The lowest BCUT2D eigenvalue weighted by Gasteiger charge is -2.27. The number of aryl methyl sites for hydroxylation is 3. The predicted octanol–water partition coefficient (Wildman–Crippen LogP) is 2.17. The molecule has 2 aromatic rings. The number of benzene rings is 1. The van der Waals surface area contributed by atoms with E-state index in [9.17, 15) is 0 Å². The summed E-state index contributed by atoms with van der Waals surface area (Å²) in [5.74, 6) is 0. The third kappa shape index (κ3) is 3.26. The second kappa shape index (κ2) is 6.20. The molecule has 4 heteroatoms. The maximum atomic E-state index is 5.99. The van der Waals surface area contributed by atoms with Gasteiger partial charge in [-0.05, 0) is 37.6 Å². The lowest BCUT2D eigenvalue weighted by atomic mass is 10.00. The van der Waals surface area contributed by atoms with E-state index in [-0.39, 0.29) is 6.04 Å². The minimum atomic E-state index is 0.231. The molecule has 108 valence electrons. The van der Waals surface area contributed by atoms with Gasteiger partial charge < -0.3 is 5.73 Å². The molecule has 0 saturated heterocycles. The number of likely N-dealkylation sites (N-methyl/N-ethyl adjacent to an activating group) is 1. The molecule has 1 aromatic carbocycles. The zero-order valence-electron chi connectivity index (χ0n) is 12.8. The normalized spacial score (nSPS) is 12.9. The van der Waals surface area contributed by atoms with Crippen molar-refractivity contribution in [2.24, 2.45) is 12.8 Å². The van der Waals surface area contributed by atoms with E-state index in [0.29, 0.717) is 6.54 Å². The first kappa shape index (κ1) is 14.8. The van der Waals surface area contributed by atoms with Gasteiger partial charge in [-0.3, -0.25) is 9.58 Å². The van der Waals surface area contributed by atoms with Crippen LogP contribution in [0.15, 0.2) is 30.6 Å². The molecule has 0 bridgehead atoms. The Balaban J connectivity index is 2.16. The van der Waals surface area contributed by atoms with Crippen LogP contribution >= 0.6 is 0 Å². The molecule has 0 saturated carbocycles. The molecule has 2 N–H and O–H groups in total. The molecule has 1 aromatic heterocycles. The molecule has 0 radical (unpaired) electrons. The Morgan fingerprint density at radius 1 is 1.30 bits per heavy atom. The van der Waals surface area contributed by atoms with Crippen LogP contribution in [0, 0.1) is 13.8 Å². The van der Waals surface area contributed by atoms with Gasteiger partial charge in [-0.25, -0.2) is 0 Å². The molecular formula is C16H24N4. The lowest BCUT2D eigenvalue weighted by Crippen LogP contribution is -2.30. The number of rotatable bonds is 5. The minimum absolute atomic E-state index is 0.231. The summed E-state index contributed by atoms with van der Waals surface area (Å²) in [6.07, 6.45) is 3.95. The Morgan fingerprint density at radius 2 is 2.05 bits per heavy atom. The molecule has 1 heterocycles. The van der Waals surface area contributed by atoms with Crippen LogP contribution in [-0.4, -0.2) is 28.3 Å². The smallest absolute Gasteiger partial charge is 0.0534 e. The SMILES string of the molecule is Cc1ccc(C(CN)N(C)Cc2cnn(C)c2)cc1C. The molecule has 0 aliphatic heterocycles. The Morgan fingerprint density at radius 3 is 2.60 bits per heavy atom. The molecule has 4 nitrogen and oxygen atoms in total. The van der Waals surface area contributed by atoms with Crippen LogP contribution < -0.4 is 5.73 Å². The van der Waals surface area contributed by atoms with Crippen LogP contribution in [0.4, 0.5) is 0 Å². The number of nitrogens with zero attached hydrogens (tertiary/aromatic N) is 3. The van der Waals surface area contributed by atoms with Crippen LogP contribution in [0.2, 0.25) is 0 Å². The molecule has 0 aliphatic rings. The summed E-state index contributed by atoms with van der Waals surface area (Å²) in [7, 11) is 4.05. The van der Waals surface area contributed by atoms with Gasteiger partial charge >= 0.3 is 0 Å². The highest BCUT2D eigenvalue weighted by Gasteiger charge is 2.16. The van der Waals surface area contributed by atoms with Gasteiger partial charge in [-0.2, -0.15) is 5.10 Å². The van der Waals surface area contributed by atoms with Crippen molar-refractivity contribution in [3.63, 3.8) is 0 Å². The zero-order chi connectivity index (χ0) is 14.7. The summed E-state index contributed by atoms with van der Waals surface area (Å²) in [6, 6.07) is 6.83. The Bertz CT molecular complexity index is 574. The molecule has 20 heavy (non-hydrogen) atoms. The number of aromatic nitrogens is 2. The zero-order valence-corrected chi connectivity index (χ0v) is 12.8. The molecular weight excluding hydrogens is 248 g/mol. The fourth-order valence-electron chi connectivity index (χ4n) is 2.49. The van der Waals surface area contributed by atoms with E-state index >= 15 is 0 Å². The van der Waals surface area contributed by atoms with Gasteiger partial charge in [0.25, 0.3) is 0 Å². The summed E-state index contributed by atoms with van der Waals surface area (Å²) in [6.45, 7) is 5.74. The molecule has 1 atom stereocenters. The monoisotopic (exact) mass is 272 g/mol.